The second-order valence-corrected chi connectivity index (χ2v) is 10.8. The molecule has 4 unspecified atom stereocenters. The number of aromatic nitrogens is 2. The Balaban J connectivity index is 2.19. The molecule has 0 aliphatic carbocycles. The third-order valence-corrected chi connectivity index (χ3v) is 7.10. The summed E-state index contributed by atoms with van der Waals surface area (Å²) in [6, 6.07) is 2.00. The van der Waals surface area contributed by atoms with Crippen molar-refractivity contribution in [1.29, 1.82) is 0 Å². The molecule has 1 aromatic carbocycles. The van der Waals surface area contributed by atoms with Gasteiger partial charge in [0.1, 0.15) is 23.9 Å². The molecule has 0 saturated heterocycles. The van der Waals surface area contributed by atoms with Crippen LogP contribution in [0.1, 0.15) is 24.1 Å². The van der Waals surface area contributed by atoms with Crippen molar-refractivity contribution < 1.29 is 29.4 Å². The van der Waals surface area contributed by atoms with E-state index in [1.807, 2.05) is 12.5 Å². The lowest BCUT2D eigenvalue weighted by Gasteiger charge is -2.25. The minimum Gasteiger partial charge on any atom is -0.508 e. The fourth-order valence-electron chi connectivity index (χ4n) is 3.62. The molecule has 39 heavy (non-hydrogen) atoms. The number of carbonyl (C=O) groups excluding carboxylic acids is 3. The number of nitrogens with one attached hydrogen (secondary N) is 4. The third-order valence-electron chi connectivity index (χ3n) is 5.81. The number of hydrogen-bond donors (Lipinski definition) is 7. The van der Waals surface area contributed by atoms with Crippen molar-refractivity contribution in [1.82, 2.24) is 25.9 Å². The van der Waals surface area contributed by atoms with Gasteiger partial charge in [-0.2, -0.15) is 23.5 Å². The van der Waals surface area contributed by atoms with Crippen LogP contribution in [-0.4, -0.2) is 92.1 Å². The number of H-pyrrole nitrogens is 1. The minimum absolute atomic E-state index is 0.0497. The van der Waals surface area contributed by atoms with Crippen LogP contribution < -0.4 is 21.7 Å². The maximum Gasteiger partial charge on any atom is 0.326 e. The molecule has 1 aromatic heterocycles. The van der Waals surface area contributed by atoms with Crippen molar-refractivity contribution in [3.63, 3.8) is 0 Å². The molecule has 2 rings (SSSR count). The molecule has 14 heteroatoms. The summed E-state index contributed by atoms with van der Waals surface area (Å²) in [5, 5.41) is 27.0. The van der Waals surface area contributed by atoms with Crippen LogP contribution in [0, 0.1) is 0 Å². The highest BCUT2D eigenvalue weighted by Gasteiger charge is 2.30. The number of carboxylic acid groups (broad SMARTS) is 1. The van der Waals surface area contributed by atoms with E-state index in [0.29, 0.717) is 22.8 Å². The Hall–Kier alpha value is -3.23. The predicted molar refractivity (Wildman–Crippen MR) is 152 cm³/mol. The molecule has 12 nitrogen and oxygen atoms in total. The van der Waals surface area contributed by atoms with Gasteiger partial charge in [0.2, 0.25) is 17.7 Å². The Morgan fingerprint density at radius 2 is 1.46 bits per heavy atom. The SMILES string of the molecule is CSCCC(NC(=O)C(CCSC)NC(=O)C(Cc1ccc(O)cc1)NC(=O)C(N)Cc1cnc[nH]1)C(=O)O. The van der Waals surface area contributed by atoms with Gasteiger partial charge in [0.15, 0.2) is 0 Å². The second kappa shape index (κ2) is 16.7. The molecule has 0 saturated carbocycles. The largest absolute Gasteiger partial charge is 0.508 e. The van der Waals surface area contributed by atoms with E-state index in [-0.39, 0.29) is 31.4 Å². The fourth-order valence-corrected chi connectivity index (χ4v) is 4.57. The number of phenols is 1. The van der Waals surface area contributed by atoms with Crippen LogP contribution in [-0.2, 0) is 32.0 Å². The van der Waals surface area contributed by atoms with Gasteiger partial charge in [0.25, 0.3) is 0 Å². The van der Waals surface area contributed by atoms with Gasteiger partial charge < -0.3 is 36.9 Å². The quantitative estimate of drug-likeness (QED) is 0.136. The van der Waals surface area contributed by atoms with Gasteiger partial charge in [0.05, 0.1) is 12.4 Å². The Labute approximate surface area is 235 Å². The van der Waals surface area contributed by atoms with E-state index in [1.54, 1.807) is 18.3 Å². The lowest BCUT2D eigenvalue weighted by molar-refractivity contribution is -0.142. The van der Waals surface area contributed by atoms with E-state index in [9.17, 15) is 29.4 Å². The number of carboxylic acids is 1. The summed E-state index contributed by atoms with van der Waals surface area (Å²) in [6.07, 6.45) is 7.44. The molecule has 0 bridgehead atoms. The van der Waals surface area contributed by atoms with Crippen molar-refractivity contribution in [2.24, 2.45) is 5.73 Å². The Bertz CT molecular complexity index is 1070. The number of carbonyl (C=O) groups is 4. The number of thioether (sulfide) groups is 2. The summed E-state index contributed by atoms with van der Waals surface area (Å²) in [5.74, 6) is -1.84. The smallest absolute Gasteiger partial charge is 0.326 e. The van der Waals surface area contributed by atoms with Crippen LogP contribution in [0.3, 0.4) is 0 Å². The van der Waals surface area contributed by atoms with Crippen molar-refractivity contribution in [3.8, 4) is 5.75 Å². The molecule has 8 N–H and O–H groups in total. The highest BCUT2D eigenvalue weighted by molar-refractivity contribution is 7.98. The zero-order valence-electron chi connectivity index (χ0n) is 21.9. The summed E-state index contributed by atoms with van der Waals surface area (Å²) in [7, 11) is 0. The Kier molecular flexibility index (Phi) is 13.7. The number of aromatic amines is 1. The zero-order chi connectivity index (χ0) is 28.8. The van der Waals surface area contributed by atoms with Crippen LogP contribution in [0.4, 0.5) is 0 Å². The van der Waals surface area contributed by atoms with Crippen molar-refractivity contribution >= 4 is 47.2 Å². The zero-order valence-corrected chi connectivity index (χ0v) is 23.5. The number of amides is 3. The summed E-state index contributed by atoms with van der Waals surface area (Å²) in [5.41, 5.74) is 7.37. The highest BCUT2D eigenvalue weighted by atomic mass is 32.2. The second-order valence-electron chi connectivity index (χ2n) is 8.84. The molecule has 0 spiro atoms. The van der Waals surface area contributed by atoms with E-state index in [1.165, 1.54) is 42.0 Å². The summed E-state index contributed by atoms with van der Waals surface area (Å²) < 4.78 is 0. The average molecular weight is 581 g/mol. The average Bonchev–Trinajstić information content (AvgIpc) is 3.42. The first kappa shape index (κ1) is 32.0. The van der Waals surface area contributed by atoms with Gasteiger partial charge in [-0.05, 0) is 54.6 Å². The van der Waals surface area contributed by atoms with E-state index in [2.05, 4.69) is 25.9 Å². The van der Waals surface area contributed by atoms with E-state index in [4.69, 9.17) is 5.73 Å². The molecular weight excluding hydrogens is 544 g/mol. The van der Waals surface area contributed by atoms with Gasteiger partial charge in [-0.25, -0.2) is 9.78 Å². The van der Waals surface area contributed by atoms with Gasteiger partial charge in [0, 0.05) is 24.7 Å². The molecular formula is C25H36N6O6S2. The Morgan fingerprint density at radius 3 is 2.03 bits per heavy atom. The molecule has 2 aromatic rings. The first-order valence-corrected chi connectivity index (χ1v) is 15.1. The number of hydrogen-bond acceptors (Lipinski definition) is 9. The molecule has 0 radical (unpaired) electrons. The number of nitrogens with two attached hydrogens (primary N) is 1. The summed E-state index contributed by atoms with van der Waals surface area (Å²) in [4.78, 5) is 57.8. The molecule has 0 fully saturated rings. The number of nitrogens with zero attached hydrogens (tertiary/aromatic N) is 1. The maximum absolute atomic E-state index is 13.4. The molecule has 0 aliphatic heterocycles. The maximum atomic E-state index is 13.4. The molecule has 0 aliphatic rings. The number of aromatic hydroxyl groups is 1. The third kappa shape index (κ3) is 11.2. The van der Waals surface area contributed by atoms with Crippen LogP contribution in [0.5, 0.6) is 5.75 Å². The number of aliphatic carboxylic acids is 1. The van der Waals surface area contributed by atoms with E-state index >= 15 is 0 Å². The first-order chi connectivity index (χ1) is 18.6. The van der Waals surface area contributed by atoms with Crippen molar-refractivity contribution in [2.75, 3.05) is 24.0 Å². The van der Waals surface area contributed by atoms with Crippen LogP contribution in [0.2, 0.25) is 0 Å². The van der Waals surface area contributed by atoms with Crippen LogP contribution in [0.15, 0.2) is 36.8 Å². The monoisotopic (exact) mass is 580 g/mol. The number of rotatable bonds is 17. The summed E-state index contributed by atoms with van der Waals surface area (Å²) >= 11 is 2.94. The topological polar surface area (TPSA) is 200 Å². The number of imidazole rings is 1. The normalized spacial score (nSPS) is 14.0. The molecule has 3 amide bonds. The first-order valence-electron chi connectivity index (χ1n) is 12.3. The standard InChI is InChI=1S/C25H36N6O6S2/c1-38-9-7-19(23(34)30-20(25(36)37)8-10-39-2)29-24(35)21(11-15-3-5-17(32)6-4-15)31-22(33)18(26)12-16-13-27-14-28-16/h3-6,13-14,18-21,32H,7-12,26H2,1-2H3,(H,27,28)(H,29,35)(H,30,34)(H,31,33)(H,36,37). The lowest BCUT2D eigenvalue weighted by atomic mass is 10.0. The molecule has 1 heterocycles. The lowest BCUT2D eigenvalue weighted by Crippen LogP contribution is -2.58. The summed E-state index contributed by atoms with van der Waals surface area (Å²) in [6.45, 7) is 0. The van der Waals surface area contributed by atoms with Crippen molar-refractivity contribution in [3.05, 3.63) is 48.0 Å². The Morgan fingerprint density at radius 1 is 0.897 bits per heavy atom. The van der Waals surface area contributed by atoms with Gasteiger partial charge in [-0.3, -0.25) is 14.4 Å². The molecule has 4 atom stereocenters. The molecule has 214 valence electrons. The predicted octanol–water partition coefficient (Wildman–Crippen LogP) is 0.273. The minimum atomic E-state index is -1.16. The highest BCUT2D eigenvalue weighted by Crippen LogP contribution is 2.12. The fraction of sp³-hybridized carbons (Fsp3) is 0.480. The van der Waals surface area contributed by atoms with E-state index in [0.717, 1.165) is 0 Å². The number of phenolic OH excluding ortho intramolecular Hbond substituents is 1. The van der Waals surface area contributed by atoms with E-state index < -0.39 is 47.9 Å². The van der Waals surface area contributed by atoms with Gasteiger partial charge in [-0.15, -0.1) is 0 Å². The van der Waals surface area contributed by atoms with Gasteiger partial charge >= 0.3 is 5.97 Å². The van der Waals surface area contributed by atoms with Crippen LogP contribution in [0.25, 0.3) is 0 Å². The number of benzene rings is 1. The van der Waals surface area contributed by atoms with Crippen molar-refractivity contribution in [2.45, 2.75) is 49.9 Å². The van der Waals surface area contributed by atoms with Gasteiger partial charge in [-0.1, -0.05) is 12.1 Å². The van der Waals surface area contributed by atoms with Crippen LogP contribution >= 0.6 is 23.5 Å².